The summed E-state index contributed by atoms with van der Waals surface area (Å²) in [5, 5.41) is 7.34. The fraction of sp³-hybridized carbons (Fsp3) is 0.524. The highest BCUT2D eigenvalue weighted by Gasteiger charge is 2.31. The maximum atomic E-state index is 13.2. The van der Waals surface area contributed by atoms with Crippen molar-refractivity contribution in [3.8, 4) is 0 Å². The van der Waals surface area contributed by atoms with Gasteiger partial charge < -0.3 is 5.32 Å². The highest BCUT2D eigenvalue weighted by Crippen LogP contribution is 2.40. The molecule has 0 spiro atoms. The molecule has 1 aliphatic heterocycles. The molecule has 9 heteroatoms. The van der Waals surface area contributed by atoms with E-state index in [0.29, 0.717) is 24.8 Å². The molecule has 0 bridgehead atoms. The van der Waals surface area contributed by atoms with Crippen LogP contribution in [0.25, 0.3) is 0 Å². The van der Waals surface area contributed by atoms with Crippen LogP contribution in [0.1, 0.15) is 61.8 Å². The number of sulfonamides is 1. The van der Waals surface area contributed by atoms with Crippen LogP contribution in [0.3, 0.4) is 0 Å². The zero-order chi connectivity index (χ0) is 21.3. The predicted octanol–water partition coefficient (Wildman–Crippen LogP) is 4.32. The van der Waals surface area contributed by atoms with E-state index in [4.69, 9.17) is 11.6 Å². The van der Waals surface area contributed by atoms with Crippen molar-refractivity contribution in [3.63, 3.8) is 0 Å². The van der Waals surface area contributed by atoms with Gasteiger partial charge in [-0.05, 0) is 56.7 Å². The Hall–Kier alpha value is -1.90. The van der Waals surface area contributed by atoms with Crippen LogP contribution in [0.15, 0.2) is 35.4 Å². The molecule has 1 aliphatic carbocycles. The lowest BCUT2D eigenvalue weighted by atomic mass is 10.2. The molecule has 0 radical (unpaired) electrons. The van der Waals surface area contributed by atoms with Gasteiger partial charge in [0.05, 0.1) is 17.3 Å². The fourth-order valence-corrected chi connectivity index (χ4v) is 5.99. The fourth-order valence-electron chi connectivity index (χ4n) is 3.97. The Kier molecular flexibility index (Phi) is 6.18. The van der Waals surface area contributed by atoms with Crippen molar-refractivity contribution >= 4 is 33.3 Å². The van der Waals surface area contributed by atoms with Gasteiger partial charge in [0.15, 0.2) is 0 Å². The minimum absolute atomic E-state index is 0.0152. The lowest BCUT2D eigenvalue weighted by Crippen LogP contribution is -2.32. The summed E-state index contributed by atoms with van der Waals surface area (Å²) in [6.07, 6.45) is 7.71. The molecular formula is C21H27ClN4O3S. The molecule has 7 nitrogen and oxygen atoms in total. The van der Waals surface area contributed by atoms with Crippen molar-refractivity contribution in [2.75, 3.05) is 18.4 Å². The first-order valence-electron chi connectivity index (χ1n) is 10.5. The minimum atomic E-state index is -3.75. The van der Waals surface area contributed by atoms with Gasteiger partial charge in [0.1, 0.15) is 10.7 Å². The highest BCUT2D eigenvalue weighted by molar-refractivity contribution is 7.89. The molecule has 1 N–H and O–H groups in total. The zero-order valence-electron chi connectivity index (χ0n) is 17.1. The molecule has 2 fully saturated rings. The van der Waals surface area contributed by atoms with E-state index in [1.54, 1.807) is 18.3 Å². The summed E-state index contributed by atoms with van der Waals surface area (Å²) in [5.41, 5.74) is 0.250. The number of amides is 1. The van der Waals surface area contributed by atoms with E-state index < -0.39 is 10.0 Å². The van der Waals surface area contributed by atoms with Crippen molar-refractivity contribution in [2.45, 2.75) is 56.4 Å². The zero-order valence-corrected chi connectivity index (χ0v) is 18.6. The van der Waals surface area contributed by atoms with Crippen molar-refractivity contribution in [3.05, 3.63) is 41.0 Å². The Bertz CT molecular complexity index is 1020. The van der Waals surface area contributed by atoms with Crippen LogP contribution in [-0.4, -0.2) is 41.5 Å². The number of aromatic nitrogens is 2. The number of benzene rings is 1. The molecule has 30 heavy (non-hydrogen) atoms. The Morgan fingerprint density at radius 1 is 1.17 bits per heavy atom. The molecule has 1 unspecified atom stereocenters. The first-order chi connectivity index (χ1) is 14.4. The number of halogens is 1. The predicted molar refractivity (Wildman–Crippen MR) is 116 cm³/mol. The van der Waals surface area contributed by atoms with Crippen molar-refractivity contribution in [1.82, 2.24) is 14.1 Å². The maximum Gasteiger partial charge on any atom is 0.256 e. The Labute approximate surface area is 182 Å². The molecule has 162 valence electrons. The number of nitrogens with one attached hydrogen (secondary N) is 1. The number of carbonyl (C=O) groups is 1. The highest BCUT2D eigenvalue weighted by atomic mass is 35.5. The van der Waals surface area contributed by atoms with Gasteiger partial charge in [-0.2, -0.15) is 9.40 Å². The van der Waals surface area contributed by atoms with E-state index in [9.17, 15) is 13.2 Å². The van der Waals surface area contributed by atoms with Gasteiger partial charge in [-0.3, -0.25) is 4.79 Å². The monoisotopic (exact) mass is 450 g/mol. The van der Waals surface area contributed by atoms with E-state index in [1.165, 1.54) is 29.3 Å². The number of rotatable bonds is 6. The second kappa shape index (κ2) is 8.69. The van der Waals surface area contributed by atoms with Crippen LogP contribution >= 0.6 is 11.6 Å². The normalized spacial score (nSPS) is 19.3. The van der Waals surface area contributed by atoms with E-state index in [2.05, 4.69) is 17.3 Å². The lowest BCUT2D eigenvalue weighted by molar-refractivity contribution is 0.102. The maximum absolute atomic E-state index is 13.2. The summed E-state index contributed by atoms with van der Waals surface area (Å²) < 4.78 is 29.6. The van der Waals surface area contributed by atoms with Crippen molar-refractivity contribution in [1.29, 1.82) is 0 Å². The molecule has 1 aromatic carbocycles. The van der Waals surface area contributed by atoms with Crippen LogP contribution in [0.4, 0.5) is 5.82 Å². The van der Waals surface area contributed by atoms with Gasteiger partial charge in [0.25, 0.3) is 5.91 Å². The first kappa shape index (κ1) is 21.3. The van der Waals surface area contributed by atoms with Crippen molar-refractivity contribution < 1.29 is 13.2 Å². The molecule has 2 aliphatic rings. The first-order valence-corrected chi connectivity index (χ1v) is 12.3. The summed E-state index contributed by atoms with van der Waals surface area (Å²) in [6.45, 7) is 3.05. The van der Waals surface area contributed by atoms with Gasteiger partial charge in [-0.15, -0.1) is 0 Å². The molecule has 4 rings (SSSR count). The summed E-state index contributed by atoms with van der Waals surface area (Å²) in [4.78, 5) is 12.9. The Morgan fingerprint density at radius 2 is 1.87 bits per heavy atom. The van der Waals surface area contributed by atoms with E-state index >= 15 is 0 Å². The van der Waals surface area contributed by atoms with Gasteiger partial charge in [0, 0.05) is 24.7 Å². The minimum Gasteiger partial charge on any atom is -0.307 e. The molecule has 2 aromatic rings. The van der Waals surface area contributed by atoms with Gasteiger partial charge in [0.2, 0.25) is 10.0 Å². The van der Waals surface area contributed by atoms with E-state index in [0.717, 1.165) is 25.7 Å². The number of carbonyl (C=O) groups excluding carboxylic acids is 1. The third-order valence-corrected chi connectivity index (χ3v) is 8.36. The standard InChI is InChI=1S/C21H27ClN4O3S/c1-15(16-6-7-16)26-20(10-11-23-26)24-21(27)17-8-9-18(22)19(14-17)30(28,29)25-12-4-2-3-5-13-25/h8-11,14-16H,2-7,12-13H2,1H3,(H,24,27). The molecule has 2 heterocycles. The summed E-state index contributed by atoms with van der Waals surface area (Å²) in [7, 11) is -3.75. The number of hydrogen-bond acceptors (Lipinski definition) is 4. The van der Waals surface area contributed by atoms with E-state index in [-0.39, 0.29) is 27.4 Å². The third-order valence-electron chi connectivity index (χ3n) is 5.98. The topological polar surface area (TPSA) is 84.3 Å². The smallest absolute Gasteiger partial charge is 0.256 e. The molecule has 1 aromatic heterocycles. The van der Waals surface area contributed by atoms with Gasteiger partial charge in [-0.1, -0.05) is 24.4 Å². The van der Waals surface area contributed by atoms with Crippen LogP contribution in [0.2, 0.25) is 5.02 Å². The van der Waals surface area contributed by atoms with Crippen LogP contribution in [0.5, 0.6) is 0 Å². The molecule has 1 saturated carbocycles. The SMILES string of the molecule is CC(C1CC1)n1nccc1NC(=O)c1ccc(Cl)c(S(=O)(=O)N2CCCCCC2)c1. The quantitative estimate of drug-likeness (QED) is 0.710. The number of nitrogens with zero attached hydrogens (tertiary/aromatic N) is 3. The van der Waals surface area contributed by atoms with Crippen molar-refractivity contribution in [2.24, 2.45) is 5.92 Å². The molecule has 1 amide bonds. The second-order valence-electron chi connectivity index (χ2n) is 8.16. The largest absolute Gasteiger partial charge is 0.307 e. The van der Waals surface area contributed by atoms with Crippen LogP contribution < -0.4 is 5.32 Å². The summed E-state index contributed by atoms with van der Waals surface area (Å²) in [5.74, 6) is 0.802. The third kappa shape index (κ3) is 4.40. The molecular weight excluding hydrogens is 424 g/mol. The molecule has 1 saturated heterocycles. The van der Waals surface area contributed by atoms with Gasteiger partial charge >= 0.3 is 0 Å². The number of anilines is 1. The Morgan fingerprint density at radius 3 is 2.53 bits per heavy atom. The van der Waals surface area contributed by atoms with Crippen LogP contribution in [0, 0.1) is 5.92 Å². The van der Waals surface area contributed by atoms with Crippen LogP contribution in [-0.2, 0) is 10.0 Å². The van der Waals surface area contributed by atoms with Gasteiger partial charge in [-0.25, -0.2) is 13.1 Å². The summed E-state index contributed by atoms with van der Waals surface area (Å²) >= 11 is 6.25. The number of hydrogen-bond donors (Lipinski definition) is 1. The average Bonchev–Trinajstić information content (AvgIpc) is 3.52. The Balaban J connectivity index is 1.57. The molecule has 1 atom stereocenters. The lowest BCUT2D eigenvalue weighted by Gasteiger charge is -2.21. The second-order valence-corrected chi connectivity index (χ2v) is 10.5. The van der Waals surface area contributed by atoms with E-state index in [1.807, 2.05) is 4.68 Å². The summed E-state index contributed by atoms with van der Waals surface area (Å²) in [6, 6.07) is 6.36. The average molecular weight is 451 g/mol.